The van der Waals surface area contributed by atoms with Crippen molar-refractivity contribution in [1.82, 2.24) is 9.55 Å². The van der Waals surface area contributed by atoms with Gasteiger partial charge in [0.25, 0.3) is 5.56 Å². The zero-order chi connectivity index (χ0) is 20.5. The second-order valence-corrected chi connectivity index (χ2v) is 8.75. The van der Waals surface area contributed by atoms with Crippen LogP contribution in [-0.2, 0) is 9.53 Å². The Morgan fingerprint density at radius 3 is 2.62 bits per heavy atom. The Hall–Kier alpha value is -2.54. The average Bonchev–Trinajstić information content (AvgIpc) is 3.06. The number of fused-ring (bicyclic) bond motifs is 1. The highest BCUT2D eigenvalue weighted by atomic mass is 32.1. The highest BCUT2D eigenvalue weighted by Crippen LogP contribution is 2.35. The molecule has 7 heteroatoms. The van der Waals surface area contributed by atoms with Gasteiger partial charge in [-0.25, -0.2) is 14.2 Å². The lowest BCUT2D eigenvalue weighted by Crippen LogP contribution is -2.32. The van der Waals surface area contributed by atoms with Crippen molar-refractivity contribution < 1.29 is 13.9 Å². The minimum Gasteiger partial charge on any atom is -0.461 e. The third-order valence-corrected chi connectivity index (χ3v) is 6.55. The molecule has 0 aliphatic heterocycles. The van der Waals surface area contributed by atoms with Crippen molar-refractivity contribution in [3.8, 4) is 11.1 Å². The van der Waals surface area contributed by atoms with E-state index in [1.54, 1.807) is 19.1 Å². The van der Waals surface area contributed by atoms with Crippen LogP contribution in [0.4, 0.5) is 4.39 Å². The molecule has 29 heavy (non-hydrogen) atoms. The Bertz CT molecular complexity index is 1100. The Morgan fingerprint density at radius 2 is 1.93 bits per heavy atom. The van der Waals surface area contributed by atoms with E-state index in [1.807, 2.05) is 6.92 Å². The van der Waals surface area contributed by atoms with Crippen molar-refractivity contribution in [3.05, 3.63) is 51.6 Å². The number of thiophene rings is 1. The van der Waals surface area contributed by atoms with Crippen LogP contribution in [-0.4, -0.2) is 21.6 Å². The molecular weight excluding hydrogens is 391 g/mol. The van der Waals surface area contributed by atoms with E-state index in [1.165, 1.54) is 40.8 Å². The maximum absolute atomic E-state index is 13.3. The standard InChI is InChI=1S/C22H23FN2O3S/c1-13(22(27)28-17-6-4-3-5-7-17)25-12-24-20-19(21(25)26)18(14(2)29-20)15-8-10-16(23)11-9-15/h8-13,17H,3-7H2,1-2H3/t13-/m1/s1. The number of aryl methyl sites for hydroxylation is 1. The first-order valence-corrected chi connectivity index (χ1v) is 10.7. The number of ether oxygens (including phenoxy) is 1. The van der Waals surface area contributed by atoms with Crippen molar-refractivity contribution in [2.75, 3.05) is 0 Å². The highest BCUT2D eigenvalue weighted by molar-refractivity contribution is 7.19. The first kappa shape index (κ1) is 19.8. The molecule has 0 saturated heterocycles. The molecule has 1 aliphatic carbocycles. The van der Waals surface area contributed by atoms with Gasteiger partial charge in [0.05, 0.1) is 11.7 Å². The van der Waals surface area contributed by atoms with Gasteiger partial charge in [0.2, 0.25) is 0 Å². The summed E-state index contributed by atoms with van der Waals surface area (Å²) in [4.78, 5) is 31.9. The van der Waals surface area contributed by atoms with Crippen LogP contribution in [0.1, 0.15) is 49.9 Å². The summed E-state index contributed by atoms with van der Waals surface area (Å²) in [5.74, 6) is -0.740. The lowest BCUT2D eigenvalue weighted by atomic mass is 9.98. The van der Waals surface area contributed by atoms with Crippen LogP contribution in [0.2, 0.25) is 0 Å². The number of carbonyl (C=O) groups is 1. The predicted molar refractivity (Wildman–Crippen MR) is 112 cm³/mol. The van der Waals surface area contributed by atoms with Crippen LogP contribution in [0.15, 0.2) is 35.4 Å². The van der Waals surface area contributed by atoms with E-state index >= 15 is 0 Å². The van der Waals surface area contributed by atoms with E-state index in [0.717, 1.165) is 41.7 Å². The molecule has 0 amide bonds. The number of carbonyl (C=O) groups excluding carboxylic acids is 1. The van der Waals surface area contributed by atoms with Crippen LogP contribution in [0, 0.1) is 12.7 Å². The summed E-state index contributed by atoms with van der Waals surface area (Å²) < 4.78 is 20.3. The molecular formula is C22H23FN2O3S. The van der Waals surface area contributed by atoms with E-state index in [2.05, 4.69) is 4.98 Å². The molecule has 3 aromatic rings. The average molecular weight is 415 g/mol. The molecule has 152 valence electrons. The molecule has 0 spiro atoms. The Balaban J connectivity index is 1.71. The van der Waals surface area contributed by atoms with Gasteiger partial charge >= 0.3 is 5.97 Å². The first-order chi connectivity index (χ1) is 14.0. The quantitative estimate of drug-likeness (QED) is 0.563. The molecule has 1 atom stereocenters. The van der Waals surface area contributed by atoms with E-state index in [0.29, 0.717) is 10.2 Å². The smallest absolute Gasteiger partial charge is 0.329 e. The SMILES string of the molecule is Cc1sc2ncn([C@H](C)C(=O)OC3CCCCC3)c(=O)c2c1-c1ccc(F)cc1. The van der Waals surface area contributed by atoms with Crippen molar-refractivity contribution in [2.45, 2.75) is 58.1 Å². The fraction of sp³-hybridized carbons (Fsp3) is 0.409. The summed E-state index contributed by atoms with van der Waals surface area (Å²) >= 11 is 1.41. The monoisotopic (exact) mass is 414 g/mol. The molecule has 0 unspecified atom stereocenters. The summed E-state index contributed by atoms with van der Waals surface area (Å²) in [7, 11) is 0. The third-order valence-electron chi connectivity index (χ3n) is 5.54. The van der Waals surface area contributed by atoms with Gasteiger partial charge in [0.1, 0.15) is 22.8 Å². The summed E-state index contributed by atoms with van der Waals surface area (Å²) in [5, 5.41) is 0.457. The molecule has 0 bridgehead atoms. The van der Waals surface area contributed by atoms with E-state index in [-0.39, 0.29) is 17.5 Å². The molecule has 1 saturated carbocycles. The lowest BCUT2D eigenvalue weighted by Gasteiger charge is -2.24. The van der Waals surface area contributed by atoms with Gasteiger partial charge in [-0.3, -0.25) is 9.36 Å². The fourth-order valence-electron chi connectivity index (χ4n) is 3.91. The number of nitrogens with zero attached hydrogens (tertiary/aromatic N) is 2. The van der Waals surface area contributed by atoms with Crippen molar-refractivity contribution >= 4 is 27.5 Å². The Kier molecular flexibility index (Phi) is 5.50. The zero-order valence-electron chi connectivity index (χ0n) is 16.5. The van der Waals surface area contributed by atoms with Crippen LogP contribution in [0.3, 0.4) is 0 Å². The molecule has 0 N–H and O–H groups in total. The molecule has 1 fully saturated rings. The maximum atomic E-state index is 13.3. The maximum Gasteiger partial charge on any atom is 0.329 e. The number of benzene rings is 1. The fourth-order valence-corrected chi connectivity index (χ4v) is 4.92. The summed E-state index contributed by atoms with van der Waals surface area (Å²) in [6, 6.07) is 5.29. The minimum atomic E-state index is -0.761. The molecule has 0 radical (unpaired) electrons. The second kappa shape index (κ2) is 8.06. The predicted octanol–water partition coefficient (Wildman–Crippen LogP) is 5.01. The van der Waals surface area contributed by atoms with Gasteiger partial charge < -0.3 is 4.74 Å². The molecule has 1 aliphatic rings. The number of hydrogen-bond acceptors (Lipinski definition) is 5. The van der Waals surface area contributed by atoms with E-state index < -0.39 is 12.0 Å². The normalized spacial score (nSPS) is 16.1. The van der Waals surface area contributed by atoms with Crippen LogP contribution in [0.5, 0.6) is 0 Å². The highest BCUT2D eigenvalue weighted by Gasteiger charge is 2.25. The molecule has 2 aromatic heterocycles. The van der Waals surface area contributed by atoms with Crippen molar-refractivity contribution in [1.29, 1.82) is 0 Å². The molecule has 2 heterocycles. The largest absolute Gasteiger partial charge is 0.461 e. The zero-order valence-corrected chi connectivity index (χ0v) is 17.3. The number of halogens is 1. The van der Waals surface area contributed by atoms with Gasteiger partial charge in [-0.2, -0.15) is 0 Å². The number of esters is 1. The summed E-state index contributed by atoms with van der Waals surface area (Å²) in [6.45, 7) is 3.58. The minimum absolute atomic E-state index is 0.0655. The Labute approximate surface area is 172 Å². The van der Waals surface area contributed by atoms with Crippen LogP contribution >= 0.6 is 11.3 Å². The topological polar surface area (TPSA) is 61.2 Å². The van der Waals surface area contributed by atoms with Gasteiger partial charge in [-0.15, -0.1) is 11.3 Å². The van der Waals surface area contributed by atoms with Crippen molar-refractivity contribution in [2.24, 2.45) is 0 Å². The van der Waals surface area contributed by atoms with Gasteiger partial charge in [0, 0.05) is 10.4 Å². The van der Waals surface area contributed by atoms with Gasteiger partial charge in [-0.05, 0) is 57.2 Å². The summed E-state index contributed by atoms with van der Waals surface area (Å²) in [5.41, 5.74) is 1.21. The number of rotatable bonds is 4. The first-order valence-electron chi connectivity index (χ1n) is 9.92. The summed E-state index contributed by atoms with van der Waals surface area (Å²) in [6.07, 6.45) is 6.41. The molecule has 5 nitrogen and oxygen atoms in total. The van der Waals surface area contributed by atoms with Crippen LogP contribution in [0.25, 0.3) is 21.3 Å². The van der Waals surface area contributed by atoms with E-state index in [9.17, 15) is 14.0 Å². The Morgan fingerprint density at radius 1 is 1.24 bits per heavy atom. The van der Waals surface area contributed by atoms with Gasteiger partial charge in [-0.1, -0.05) is 18.6 Å². The second-order valence-electron chi connectivity index (χ2n) is 7.55. The third kappa shape index (κ3) is 3.83. The van der Waals surface area contributed by atoms with Gasteiger partial charge in [0.15, 0.2) is 0 Å². The molecule has 4 rings (SSSR count). The van der Waals surface area contributed by atoms with Crippen LogP contribution < -0.4 is 5.56 Å². The van der Waals surface area contributed by atoms with Crippen molar-refractivity contribution in [3.63, 3.8) is 0 Å². The lowest BCUT2D eigenvalue weighted by molar-refractivity contribution is -0.154. The molecule has 1 aromatic carbocycles. The number of hydrogen-bond donors (Lipinski definition) is 0. The number of aromatic nitrogens is 2. The van der Waals surface area contributed by atoms with E-state index in [4.69, 9.17) is 4.74 Å².